The van der Waals surface area contributed by atoms with Crippen LogP contribution in [0.5, 0.6) is 0 Å². The van der Waals surface area contributed by atoms with Crippen LogP contribution in [0.3, 0.4) is 0 Å². The molecule has 0 bridgehead atoms. The van der Waals surface area contributed by atoms with Gasteiger partial charge in [-0.25, -0.2) is 8.78 Å². The van der Waals surface area contributed by atoms with Crippen molar-refractivity contribution in [2.75, 3.05) is 19.6 Å². The third kappa shape index (κ3) is 4.24. The van der Waals surface area contributed by atoms with Gasteiger partial charge in [-0.3, -0.25) is 19.4 Å². The lowest BCUT2D eigenvalue weighted by atomic mass is 9.71. The molecule has 30 heavy (non-hydrogen) atoms. The number of nitrogens with zero attached hydrogens (tertiary/aromatic N) is 5. The molecule has 2 aliphatic rings. The van der Waals surface area contributed by atoms with Crippen LogP contribution in [0.15, 0.2) is 24.4 Å². The summed E-state index contributed by atoms with van der Waals surface area (Å²) in [5.41, 5.74) is 2.56. The molecule has 2 saturated heterocycles. The summed E-state index contributed by atoms with van der Waals surface area (Å²) in [6.07, 6.45) is 2.55. The average Bonchev–Trinajstić information content (AvgIpc) is 2.95. The van der Waals surface area contributed by atoms with Crippen LogP contribution >= 0.6 is 0 Å². The topological polar surface area (TPSA) is 54.3 Å². The fraction of sp³-hybridized carbons (Fsp3) is 0.591. The van der Waals surface area contributed by atoms with Crippen LogP contribution in [-0.4, -0.2) is 56.0 Å². The highest BCUT2D eigenvalue weighted by Gasteiger charge is 2.55. The summed E-state index contributed by atoms with van der Waals surface area (Å²) < 4.78 is 31.4. The molecule has 0 N–H and O–H groups in total. The highest BCUT2D eigenvalue weighted by molar-refractivity contribution is 5.84. The van der Waals surface area contributed by atoms with Crippen molar-refractivity contribution in [3.63, 3.8) is 0 Å². The predicted octanol–water partition coefficient (Wildman–Crippen LogP) is 3.08. The van der Waals surface area contributed by atoms with Crippen LogP contribution in [0.2, 0.25) is 0 Å². The SMILES string of the molecule is Cc1ccnc(CN2CC(F)(F)CC3(CCCN(Cc4cc(C)nn4C)C3=O)C2)c1. The number of carbonyl (C=O) groups is 1. The summed E-state index contributed by atoms with van der Waals surface area (Å²) in [6.45, 7) is 5.20. The Morgan fingerprint density at radius 3 is 2.67 bits per heavy atom. The lowest BCUT2D eigenvalue weighted by Gasteiger charge is -2.49. The first-order valence-electron chi connectivity index (χ1n) is 10.5. The van der Waals surface area contributed by atoms with Crippen LogP contribution in [0.1, 0.15) is 41.9 Å². The van der Waals surface area contributed by atoms with Gasteiger partial charge < -0.3 is 4.90 Å². The Balaban J connectivity index is 1.55. The molecule has 2 aliphatic heterocycles. The second-order valence-corrected chi connectivity index (χ2v) is 9.01. The summed E-state index contributed by atoms with van der Waals surface area (Å²) in [5, 5.41) is 4.34. The molecule has 0 radical (unpaired) electrons. The van der Waals surface area contributed by atoms with Gasteiger partial charge in [-0.15, -0.1) is 0 Å². The maximum Gasteiger partial charge on any atom is 0.261 e. The molecule has 1 amide bonds. The van der Waals surface area contributed by atoms with Crippen LogP contribution in [0.25, 0.3) is 0 Å². The number of carbonyl (C=O) groups excluding carboxylic acids is 1. The van der Waals surface area contributed by atoms with E-state index < -0.39 is 11.3 Å². The number of halogens is 2. The molecule has 6 nitrogen and oxygen atoms in total. The zero-order valence-corrected chi connectivity index (χ0v) is 17.9. The molecule has 1 spiro atoms. The fourth-order valence-corrected chi connectivity index (χ4v) is 5.07. The average molecular weight is 418 g/mol. The van der Waals surface area contributed by atoms with Crippen molar-refractivity contribution in [3.05, 3.63) is 47.0 Å². The molecule has 4 heterocycles. The summed E-state index contributed by atoms with van der Waals surface area (Å²) in [7, 11) is 1.85. The molecule has 1 unspecified atom stereocenters. The third-order valence-electron chi connectivity index (χ3n) is 6.21. The van der Waals surface area contributed by atoms with Crippen molar-refractivity contribution in [2.24, 2.45) is 12.5 Å². The molecular formula is C22H29F2N5O. The predicted molar refractivity (Wildman–Crippen MR) is 109 cm³/mol. The summed E-state index contributed by atoms with van der Waals surface area (Å²) >= 11 is 0. The van der Waals surface area contributed by atoms with E-state index in [-0.39, 0.29) is 18.9 Å². The van der Waals surface area contributed by atoms with Crippen molar-refractivity contribution in [3.8, 4) is 0 Å². The van der Waals surface area contributed by atoms with Crippen molar-refractivity contribution in [1.29, 1.82) is 0 Å². The van der Waals surface area contributed by atoms with Crippen LogP contribution < -0.4 is 0 Å². The Kier molecular flexibility index (Phi) is 5.38. The molecule has 8 heteroatoms. The molecular weight excluding hydrogens is 388 g/mol. The molecule has 1 atom stereocenters. The van der Waals surface area contributed by atoms with Crippen molar-refractivity contribution in [2.45, 2.75) is 52.1 Å². The molecule has 162 valence electrons. The number of rotatable bonds is 4. The van der Waals surface area contributed by atoms with E-state index in [9.17, 15) is 13.6 Å². The number of aromatic nitrogens is 3. The first kappa shape index (κ1) is 20.9. The van der Waals surface area contributed by atoms with E-state index in [4.69, 9.17) is 0 Å². The second-order valence-electron chi connectivity index (χ2n) is 9.01. The van der Waals surface area contributed by atoms with E-state index in [1.54, 1.807) is 20.7 Å². The number of hydrogen-bond acceptors (Lipinski definition) is 4. The van der Waals surface area contributed by atoms with Gasteiger partial charge in [-0.2, -0.15) is 5.10 Å². The standard InChI is InChI=1S/C22H29F2N5O/c1-16-5-7-25-18(9-16)11-28-14-21(13-22(23,24)15-28)6-4-8-29(20(21)30)12-19-10-17(2)26-27(19)3/h5,7,9-10H,4,6,8,11-15H2,1-3H3. The Morgan fingerprint density at radius 1 is 1.17 bits per heavy atom. The van der Waals surface area contributed by atoms with Gasteiger partial charge in [0.1, 0.15) is 0 Å². The molecule has 0 saturated carbocycles. The minimum atomic E-state index is -2.90. The van der Waals surface area contributed by atoms with Crippen molar-refractivity contribution < 1.29 is 13.6 Å². The minimum Gasteiger partial charge on any atom is -0.336 e. The highest BCUT2D eigenvalue weighted by atomic mass is 19.3. The zero-order chi connectivity index (χ0) is 21.5. The van der Waals surface area contributed by atoms with Crippen molar-refractivity contribution >= 4 is 5.91 Å². The largest absolute Gasteiger partial charge is 0.336 e. The third-order valence-corrected chi connectivity index (χ3v) is 6.21. The normalized spacial score (nSPS) is 24.6. The van der Waals surface area contributed by atoms with Gasteiger partial charge >= 0.3 is 0 Å². The highest BCUT2D eigenvalue weighted by Crippen LogP contribution is 2.45. The number of likely N-dealkylation sites (tertiary alicyclic amines) is 2. The summed E-state index contributed by atoms with van der Waals surface area (Å²) in [5.74, 6) is -3.06. The molecule has 0 aliphatic carbocycles. The maximum absolute atomic E-state index is 14.8. The Bertz CT molecular complexity index is 943. The van der Waals surface area contributed by atoms with Gasteiger partial charge in [0.25, 0.3) is 5.92 Å². The fourth-order valence-electron chi connectivity index (χ4n) is 5.07. The van der Waals surface area contributed by atoms with E-state index >= 15 is 0 Å². The Labute approximate surface area is 175 Å². The maximum atomic E-state index is 14.8. The zero-order valence-electron chi connectivity index (χ0n) is 17.9. The quantitative estimate of drug-likeness (QED) is 0.767. The Morgan fingerprint density at radius 2 is 1.97 bits per heavy atom. The second kappa shape index (κ2) is 7.72. The Hall–Kier alpha value is -2.35. The van der Waals surface area contributed by atoms with Crippen molar-refractivity contribution in [1.82, 2.24) is 24.6 Å². The number of piperidine rings is 2. The number of pyridine rings is 1. The van der Waals surface area contributed by atoms with E-state index in [0.717, 1.165) is 29.1 Å². The molecule has 2 fully saturated rings. The molecule has 0 aromatic carbocycles. The van der Waals surface area contributed by atoms with Crippen LogP contribution in [-0.2, 0) is 24.9 Å². The minimum absolute atomic E-state index is 0.158. The molecule has 4 rings (SSSR count). The first-order valence-corrected chi connectivity index (χ1v) is 10.5. The van der Waals surface area contributed by atoms with Gasteiger partial charge in [0.05, 0.1) is 35.6 Å². The first-order chi connectivity index (χ1) is 14.2. The smallest absolute Gasteiger partial charge is 0.261 e. The molecule has 2 aromatic heterocycles. The number of hydrogen-bond donors (Lipinski definition) is 0. The number of aryl methyl sites for hydroxylation is 3. The van der Waals surface area contributed by atoms with E-state index in [1.807, 2.05) is 39.1 Å². The monoisotopic (exact) mass is 417 g/mol. The molecule has 2 aromatic rings. The van der Waals surface area contributed by atoms with Gasteiger partial charge in [-0.05, 0) is 50.5 Å². The number of alkyl halides is 2. The van der Waals surface area contributed by atoms with Gasteiger partial charge in [0.15, 0.2) is 0 Å². The van der Waals surface area contributed by atoms with E-state index in [1.165, 1.54) is 0 Å². The summed E-state index contributed by atoms with van der Waals surface area (Å²) in [6, 6.07) is 5.75. The number of amides is 1. The lowest BCUT2D eigenvalue weighted by molar-refractivity contribution is -0.171. The van der Waals surface area contributed by atoms with E-state index in [2.05, 4.69) is 10.1 Å². The van der Waals surface area contributed by atoms with Gasteiger partial charge in [0, 0.05) is 39.3 Å². The lowest BCUT2D eigenvalue weighted by Crippen LogP contribution is -2.60. The van der Waals surface area contributed by atoms with Crippen LogP contribution in [0.4, 0.5) is 8.78 Å². The van der Waals surface area contributed by atoms with Crippen LogP contribution in [0, 0.1) is 19.3 Å². The summed E-state index contributed by atoms with van der Waals surface area (Å²) in [4.78, 5) is 21.3. The van der Waals surface area contributed by atoms with Gasteiger partial charge in [-0.1, -0.05) is 0 Å². The van der Waals surface area contributed by atoms with Gasteiger partial charge in [0.2, 0.25) is 5.91 Å². The van der Waals surface area contributed by atoms with E-state index in [0.29, 0.717) is 32.6 Å².